The molecule has 96 valence electrons. The van der Waals surface area contributed by atoms with E-state index in [-0.39, 0.29) is 11.8 Å². The van der Waals surface area contributed by atoms with Gasteiger partial charge in [0.2, 0.25) is 0 Å². The van der Waals surface area contributed by atoms with Crippen LogP contribution in [0.15, 0.2) is 11.6 Å². The van der Waals surface area contributed by atoms with E-state index >= 15 is 0 Å². The van der Waals surface area contributed by atoms with E-state index in [1.54, 1.807) is 0 Å². The van der Waals surface area contributed by atoms with Crippen LogP contribution in [0.5, 0.6) is 0 Å². The van der Waals surface area contributed by atoms with E-state index in [1.165, 1.54) is 12.5 Å². The molecule has 0 saturated carbocycles. The first-order valence-electron chi connectivity index (χ1n) is 6.43. The zero-order valence-corrected chi connectivity index (χ0v) is 10.8. The highest BCUT2D eigenvalue weighted by atomic mass is 16.5. The lowest BCUT2D eigenvalue weighted by molar-refractivity contribution is -0.141. The predicted molar refractivity (Wildman–Crippen MR) is 66.6 cm³/mol. The molecule has 0 radical (unpaired) electrons. The first kappa shape index (κ1) is 13.9. The van der Waals surface area contributed by atoms with Gasteiger partial charge in [-0.25, -0.2) is 0 Å². The van der Waals surface area contributed by atoms with Crippen LogP contribution < -0.4 is 0 Å². The fraction of sp³-hybridized carbons (Fsp3) is 0.714. The van der Waals surface area contributed by atoms with Gasteiger partial charge in [0.25, 0.3) is 0 Å². The van der Waals surface area contributed by atoms with Gasteiger partial charge in [-0.05, 0) is 37.7 Å². The fourth-order valence-corrected chi connectivity index (χ4v) is 2.18. The number of esters is 1. The molecular weight excluding hydrogens is 216 g/mol. The third kappa shape index (κ3) is 6.25. The number of hydrogen-bond acceptors (Lipinski definition) is 3. The van der Waals surface area contributed by atoms with Crippen LogP contribution in [0.1, 0.15) is 52.4 Å². The minimum atomic E-state index is -0.201. The van der Waals surface area contributed by atoms with Crippen molar-refractivity contribution >= 4 is 11.8 Å². The van der Waals surface area contributed by atoms with Crippen molar-refractivity contribution in [2.75, 3.05) is 6.61 Å². The first-order valence-corrected chi connectivity index (χ1v) is 6.43. The van der Waals surface area contributed by atoms with Gasteiger partial charge in [-0.2, -0.15) is 0 Å². The Hall–Kier alpha value is -1.12. The lowest BCUT2D eigenvalue weighted by Gasteiger charge is -2.11. The van der Waals surface area contributed by atoms with Crippen molar-refractivity contribution in [3.05, 3.63) is 11.6 Å². The number of ether oxygens (including phenoxy) is 1. The Bertz CT molecular complexity index is 305. The Labute approximate surface area is 103 Å². The van der Waals surface area contributed by atoms with E-state index in [1.807, 2.05) is 6.08 Å². The summed E-state index contributed by atoms with van der Waals surface area (Å²) in [6, 6.07) is 0. The van der Waals surface area contributed by atoms with Crippen molar-refractivity contribution in [2.24, 2.45) is 5.92 Å². The highest BCUT2D eigenvalue weighted by Crippen LogP contribution is 2.24. The van der Waals surface area contributed by atoms with Gasteiger partial charge in [-0.15, -0.1) is 0 Å². The second-order valence-electron chi connectivity index (χ2n) is 4.91. The minimum Gasteiger partial charge on any atom is -0.466 e. The summed E-state index contributed by atoms with van der Waals surface area (Å²) < 4.78 is 4.88. The molecule has 0 bridgehead atoms. The summed E-state index contributed by atoms with van der Waals surface area (Å²) in [6.07, 6.45) is 7.66. The second-order valence-corrected chi connectivity index (χ2v) is 4.91. The Morgan fingerprint density at radius 1 is 1.41 bits per heavy atom. The molecule has 0 aromatic carbocycles. The average molecular weight is 238 g/mol. The molecule has 0 aromatic rings. The third-order valence-corrected chi connectivity index (χ3v) is 3.06. The van der Waals surface area contributed by atoms with Gasteiger partial charge < -0.3 is 4.74 Å². The van der Waals surface area contributed by atoms with E-state index in [2.05, 4.69) is 6.92 Å². The second kappa shape index (κ2) is 7.25. The fourth-order valence-electron chi connectivity index (χ4n) is 2.18. The molecule has 0 aliphatic heterocycles. The summed E-state index contributed by atoms with van der Waals surface area (Å²) in [7, 11) is 0. The van der Waals surface area contributed by atoms with Gasteiger partial charge in [0.05, 0.1) is 6.61 Å². The molecule has 1 aliphatic carbocycles. The normalized spacial score (nSPS) is 16.8. The Balaban J connectivity index is 2.05. The number of carbonyl (C=O) groups excluding carboxylic acids is 2. The van der Waals surface area contributed by atoms with Crippen LogP contribution in [0.4, 0.5) is 0 Å². The van der Waals surface area contributed by atoms with Crippen LogP contribution in [0.3, 0.4) is 0 Å². The number of ketones is 1. The van der Waals surface area contributed by atoms with Crippen LogP contribution in [-0.4, -0.2) is 18.4 Å². The van der Waals surface area contributed by atoms with Crippen molar-refractivity contribution in [1.82, 2.24) is 0 Å². The molecule has 1 aliphatic rings. The highest BCUT2D eigenvalue weighted by Gasteiger charge is 2.14. The van der Waals surface area contributed by atoms with Gasteiger partial charge in [-0.1, -0.05) is 18.9 Å². The van der Waals surface area contributed by atoms with E-state index in [9.17, 15) is 9.59 Å². The molecule has 0 spiro atoms. The SMILES string of the molecule is CC(=O)OCCCCC(C)CC1=CC(=O)CC1. The lowest BCUT2D eigenvalue weighted by Crippen LogP contribution is -2.02. The molecule has 0 fully saturated rings. The highest BCUT2D eigenvalue weighted by molar-refractivity contribution is 5.92. The van der Waals surface area contributed by atoms with Crippen molar-refractivity contribution in [3.63, 3.8) is 0 Å². The molecule has 0 heterocycles. The zero-order valence-electron chi connectivity index (χ0n) is 10.8. The van der Waals surface area contributed by atoms with Crippen LogP contribution in [0, 0.1) is 5.92 Å². The number of hydrogen-bond donors (Lipinski definition) is 0. The molecule has 0 N–H and O–H groups in total. The quantitative estimate of drug-likeness (QED) is 0.506. The van der Waals surface area contributed by atoms with Crippen molar-refractivity contribution in [2.45, 2.75) is 52.4 Å². The van der Waals surface area contributed by atoms with Crippen molar-refractivity contribution in [3.8, 4) is 0 Å². The molecule has 1 unspecified atom stereocenters. The zero-order chi connectivity index (χ0) is 12.7. The lowest BCUT2D eigenvalue weighted by atomic mass is 9.95. The molecule has 0 aromatic heterocycles. The van der Waals surface area contributed by atoms with Gasteiger partial charge in [0.1, 0.15) is 0 Å². The maximum atomic E-state index is 11.1. The van der Waals surface area contributed by atoms with E-state index in [0.717, 1.165) is 32.1 Å². The Morgan fingerprint density at radius 3 is 2.76 bits per heavy atom. The molecule has 17 heavy (non-hydrogen) atoms. The maximum Gasteiger partial charge on any atom is 0.302 e. The largest absolute Gasteiger partial charge is 0.466 e. The summed E-state index contributed by atoms with van der Waals surface area (Å²) >= 11 is 0. The summed E-state index contributed by atoms with van der Waals surface area (Å²) in [5.41, 5.74) is 1.31. The average Bonchev–Trinajstić information content (AvgIpc) is 2.63. The summed E-state index contributed by atoms with van der Waals surface area (Å²) in [4.78, 5) is 21.6. The van der Waals surface area contributed by atoms with Crippen LogP contribution in [0.25, 0.3) is 0 Å². The number of allylic oxidation sites excluding steroid dienone is 2. The number of carbonyl (C=O) groups is 2. The van der Waals surface area contributed by atoms with E-state index in [0.29, 0.717) is 18.9 Å². The number of unbranched alkanes of at least 4 members (excludes halogenated alkanes) is 1. The molecule has 3 nitrogen and oxygen atoms in total. The summed E-state index contributed by atoms with van der Waals surface area (Å²) in [5.74, 6) is 0.694. The van der Waals surface area contributed by atoms with Gasteiger partial charge in [0.15, 0.2) is 5.78 Å². The van der Waals surface area contributed by atoms with Crippen LogP contribution in [-0.2, 0) is 14.3 Å². The third-order valence-electron chi connectivity index (χ3n) is 3.06. The van der Waals surface area contributed by atoms with E-state index < -0.39 is 0 Å². The van der Waals surface area contributed by atoms with Crippen molar-refractivity contribution in [1.29, 1.82) is 0 Å². The molecule has 3 heteroatoms. The summed E-state index contributed by atoms with van der Waals surface area (Å²) in [5, 5.41) is 0. The number of rotatable bonds is 7. The topological polar surface area (TPSA) is 43.4 Å². The molecular formula is C14H22O3. The van der Waals surface area contributed by atoms with Crippen LogP contribution in [0.2, 0.25) is 0 Å². The van der Waals surface area contributed by atoms with Gasteiger partial charge >= 0.3 is 5.97 Å². The van der Waals surface area contributed by atoms with Gasteiger partial charge in [-0.3, -0.25) is 9.59 Å². The van der Waals surface area contributed by atoms with E-state index in [4.69, 9.17) is 4.74 Å². The Morgan fingerprint density at radius 2 is 2.18 bits per heavy atom. The molecule has 0 amide bonds. The molecule has 1 rings (SSSR count). The summed E-state index contributed by atoms with van der Waals surface area (Å²) in [6.45, 7) is 4.19. The molecule has 0 saturated heterocycles. The van der Waals surface area contributed by atoms with Crippen LogP contribution >= 0.6 is 0 Å². The standard InChI is InChI=1S/C14H22O3/c1-11(5-3-4-8-17-12(2)15)9-13-6-7-14(16)10-13/h10-11H,3-9H2,1-2H3. The predicted octanol–water partition coefficient (Wildman–Crippen LogP) is 3.04. The van der Waals surface area contributed by atoms with Crippen molar-refractivity contribution < 1.29 is 14.3 Å². The smallest absolute Gasteiger partial charge is 0.302 e. The Kier molecular flexibility index (Phi) is 5.95. The van der Waals surface area contributed by atoms with Gasteiger partial charge in [0, 0.05) is 13.3 Å². The molecule has 1 atom stereocenters. The minimum absolute atomic E-state index is 0.201. The maximum absolute atomic E-state index is 11.1. The first-order chi connectivity index (χ1) is 8.08. The monoisotopic (exact) mass is 238 g/mol.